The molecule has 1 heterocycles. The molecule has 0 aliphatic carbocycles. The maximum absolute atomic E-state index is 13.0. The molecule has 0 saturated heterocycles. The van der Waals surface area contributed by atoms with E-state index in [1.54, 1.807) is 0 Å². The molecule has 0 saturated carbocycles. The second kappa shape index (κ2) is 5.43. The SMILES string of the molecule is CC1=[N+]([O-])[C@@H](C)c2ccc3ccccc3c2-c2c1ccc1ccccc21. The normalized spacial score (nSPS) is 16.5. The standard InChI is InChI=1S/C24H19NO/c1-15-19-13-11-17-7-3-5-9-21(17)23(19)24-20(16(2)25(15)26)14-12-18-8-4-6-10-22(18)24/h3-15H,1-2H3/t15-/m0/s1. The molecule has 2 heteroatoms. The third kappa shape index (κ3) is 1.96. The molecule has 26 heavy (non-hydrogen) atoms. The zero-order valence-corrected chi connectivity index (χ0v) is 14.9. The Morgan fingerprint density at radius 1 is 0.731 bits per heavy atom. The van der Waals surface area contributed by atoms with Gasteiger partial charge in [-0.2, -0.15) is 0 Å². The van der Waals surface area contributed by atoms with Gasteiger partial charge in [0.2, 0.25) is 0 Å². The third-order valence-corrected chi connectivity index (χ3v) is 5.66. The number of nitrogens with zero attached hydrogens (tertiary/aromatic N) is 1. The first-order valence-corrected chi connectivity index (χ1v) is 9.01. The molecule has 2 nitrogen and oxygen atoms in total. The third-order valence-electron chi connectivity index (χ3n) is 5.66. The molecule has 0 fully saturated rings. The van der Waals surface area contributed by atoms with E-state index in [2.05, 4.69) is 72.8 Å². The van der Waals surface area contributed by atoms with Gasteiger partial charge in [0.05, 0.1) is 5.56 Å². The maximum atomic E-state index is 13.0. The van der Waals surface area contributed by atoms with E-state index >= 15 is 0 Å². The molecule has 0 unspecified atom stereocenters. The summed E-state index contributed by atoms with van der Waals surface area (Å²) >= 11 is 0. The van der Waals surface area contributed by atoms with E-state index in [4.69, 9.17) is 0 Å². The Hall–Kier alpha value is -3.13. The first kappa shape index (κ1) is 15.2. The predicted molar refractivity (Wildman–Crippen MR) is 109 cm³/mol. The molecule has 0 aromatic heterocycles. The van der Waals surface area contributed by atoms with E-state index in [0.717, 1.165) is 21.6 Å². The largest absolute Gasteiger partial charge is 0.623 e. The van der Waals surface area contributed by atoms with Gasteiger partial charge in [0, 0.05) is 30.5 Å². The van der Waals surface area contributed by atoms with E-state index in [0.29, 0.717) is 0 Å². The van der Waals surface area contributed by atoms with Gasteiger partial charge in [-0.3, -0.25) is 0 Å². The van der Waals surface area contributed by atoms with Crippen molar-refractivity contribution in [1.29, 1.82) is 0 Å². The van der Waals surface area contributed by atoms with Crippen molar-refractivity contribution >= 4 is 27.3 Å². The minimum absolute atomic E-state index is 0.222. The Labute approximate surface area is 152 Å². The topological polar surface area (TPSA) is 26.1 Å². The second-order valence-electron chi connectivity index (χ2n) is 7.05. The molecule has 1 aliphatic rings. The summed E-state index contributed by atoms with van der Waals surface area (Å²) in [6.45, 7) is 3.93. The molecule has 0 radical (unpaired) electrons. The van der Waals surface area contributed by atoms with Gasteiger partial charge in [-0.25, -0.2) is 4.74 Å². The van der Waals surface area contributed by atoms with E-state index in [1.165, 1.54) is 32.7 Å². The monoisotopic (exact) mass is 337 g/mol. The van der Waals surface area contributed by atoms with Gasteiger partial charge < -0.3 is 5.21 Å². The van der Waals surface area contributed by atoms with Crippen molar-refractivity contribution < 1.29 is 4.74 Å². The highest BCUT2D eigenvalue weighted by molar-refractivity contribution is 6.15. The first-order chi connectivity index (χ1) is 12.7. The molecule has 0 N–H and O–H groups in total. The van der Waals surface area contributed by atoms with Crippen LogP contribution in [0.4, 0.5) is 0 Å². The van der Waals surface area contributed by atoms with Crippen LogP contribution in [0.3, 0.4) is 0 Å². The summed E-state index contributed by atoms with van der Waals surface area (Å²) in [6, 6.07) is 25.1. The number of hydrogen-bond donors (Lipinski definition) is 0. The van der Waals surface area contributed by atoms with Gasteiger partial charge in [0.15, 0.2) is 11.8 Å². The summed E-state index contributed by atoms with van der Waals surface area (Å²) in [5.74, 6) is 0. The zero-order chi connectivity index (χ0) is 17.8. The molecular weight excluding hydrogens is 318 g/mol. The van der Waals surface area contributed by atoms with Crippen LogP contribution in [0, 0.1) is 5.21 Å². The van der Waals surface area contributed by atoms with E-state index in [-0.39, 0.29) is 6.04 Å². The van der Waals surface area contributed by atoms with Gasteiger partial charge in [-0.15, -0.1) is 0 Å². The number of hydrogen-bond acceptors (Lipinski definition) is 1. The summed E-state index contributed by atoms with van der Waals surface area (Å²) in [5.41, 5.74) is 5.27. The molecule has 4 aromatic rings. The van der Waals surface area contributed by atoms with Crippen molar-refractivity contribution in [3.63, 3.8) is 0 Å². The lowest BCUT2D eigenvalue weighted by atomic mass is 9.86. The predicted octanol–water partition coefficient (Wildman–Crippen LogP) is 6.05. The second-order valence-corrected chi connectivity index (χ2v) is 7.05. The smallest absolute Gasteiger partial charge is 0.192 e. The van der Waals surface area contributed by atoms with Gasteiger partial charge in [0.1, 0.15) is 0 Å². The van der Waals surface area contributed by atoms with Crippen molar-refractivity contribution in [2.45, 2.75) is 19.9 Å². The number of fused-ring (bicyclic) bond motifs is 7. The fourth-order valence-electron chi connectivity index (χ4n) is 4.29. The maximum Gasteiger partial charge on any atom is 0.192 e. The Morgan fingerprint density at radius 3 is 2.00 bits per heavy atom. The van der Waals surface area contributed by atoms with E-state index < -0.39 is 0 Å². The molecule has 0 bridgehead atoms. The van der Waals surface area contributed by atoms with Crippen molar-refractivity contribution in [2.24, 2.45) is 0 Å². The van der Waals surface area contributed by atoms with Crippen molar-refractivity contribution in [1.82, 2.24) is 0 Å². The fourth-order valence-corrected chi connectivity index (χ4v) is 4.29. The molecular formula is C24H19NO. The summed E-state index contributed by atoms with van der Waals surface area (Å²) in [5, 5.41) is 17.8. The van der Waals surface area contributed by atoms with Crippen LogP contribution in [0.15, 0.2) is 72.8 Å². The van der Waals surface area contributed by atoms with E-state index in [9.17, 15) is 5.21 Å². The van der Waals surface area contributed by atoms with Crippen molar-refractivity contribution in [3.05, 3.63) is 89.1 Å². The van der Waals surface area contributed by atoms with Crippen LogP contribution in [-0.4, -0.2) is 10.5 Å². The van der Waals surface area contributed by atoms with Gasteiger partial charge >= 0.3 is 0 Å². The van der Waals surface area contributed by atoms with Gasteiger partial charge in [0.25, 0.3) is 0 Å². The lowest BCUT2D eigenvalue weighted by Gasteiger charge is -2.17. The quantitative estimate of drug-likeness (QED) is 0.283. The molecule has 1 aliphatic heterocycles. The lowest BCUT2D eigenvalue weighted by molar-refractivity contribution is -0.502. The first-order valence-electron chi connectivity index (χ1n) is 9.01. The fraction of sp³-hybridized carbons (Fsp3) is 0.125. The molecule has 4 aromatic carbocycles. The molecule has 126 valence electrons. The van der Waals surface area contributed by atoms with Crippen LogP contribution in [0.2, 0.25) is 0 Å². The summed E-state index contributed by atoms with van der Waals surface area (Å²) < 4.78 is 1.16. The average molecular weight is 337 g/mol. The Morgan fingerprint density at radius 2 is 1.31 bits per heavy atom. The molecule has 5 rings (SSSR count). The van der Waals surface area contributed by atoms with Crippen molar-refractivity contribution in [2.75, 3.05) is 0 Å². The van der Waals surface area contributed by atoms with Gasteiger partial charge in [-0.05, 0) is 27.6 Å². The molecule has 1 atom stereocenters. The van der Waals surface area contributed by atoms with Gasteiger partial charge in [-0.1, -0.05) is 66.7 Å². The van der Waals surface area contributed by atoms with Crippen LogP contribution in [0.25, 0.3) is 32.7 Å². The molecule has 0 spiro atoms. The van der Waals surface area contributed by atoms with Crippen LogP contribution in [-0.2, 0) is 0 Å². The average Bonchev–Trinajstić information content (AvgIpc) is 2.77. The summed E-state index contributed by atoms with van der Waals surface area (Å²) in [4.78, 5) is 0. The Bertz CT molecular complexity index is 1220. The van der Waals surface area contributed by atoms with Crippen LogP contribution < -0.4 is 0 Å². The lowest BCUT2D eigenvalue weighted by Crippen LogP contribution is -2.16. The van der Waals surface area contributed by atoms with E-state index in [1.807, 2.05) is 13.8 Å². The summed E-state index contributed by atoms with van der Waals surface area (Å²) in [6.07, 6.45) is 0. The highest BCUT2D eigenvalue weighted by atomic mass is 16.5. The number of hydroxylamine groups is 1. The van der Waals surface area contributed by atoms with Crippen LogP contribution in [0.1, 0.15) is 31.0 Å². The number of benzene rings is 4. The minimum atomic E-state index is -0.222. The molecule has 0 amide bonds. The van der Waals surface area contributed by atoms with Crippen LogP contribution in [0.5, 0.6) is 0 Å². The minimum Gasteiger partial charge on any atom is -0.623 e. The highest BCUT2D eigenvalue weighted by Gasteiger charge is 2.29. The van der Waals surface area contributed by atoms with Crippen molar-refractivity contribution in [3.8, 4) is 11.1 Å². The highest BCUT2D eigenvalue weighted by Crippen LogP contribution is 2.43. The number of rotatable bonds is 0. The Kier molecular flexibility index (Phi) is 3.17. The Balaban J connectivity index is 2.07. The zero-order valence-electron chi connectivity index (χ0n) is 14.9. The summed E-state index contributed by atoms with van der Waals surface area (Å²) in [7, 11) is 0. The van der Waals surface area contributed by atoms with Crippen LogP contribution >= 0.6 is 0 Å².